The van der Waals surface area contributed by atoms with Crippen molar-refractivity contribution in [3.05, 3.63) is 77.4 Å². The molecule has 0 radical (unpaired) electrons. The number of rotatable bonds is 4. The predicted octanol–water partition coefficient (Wildman–Crippen LogP) is 2.94. The summed E-state index contributed by atoms with van der Waals surface area (Å²) in [5, 5.41) is 0. The molecule has 0 aliphatic carbocycles. The van der Waals surface area contributed by atoms with Crippen molar-refractivity contribution in [3.63, 3.8) is 0 Å². The quantitative estimate of drug-likeness (QED) is 0.628. The highest BCUT2D eigenvalue weighted by Gasteiger charge is 2.33. The van der Waals surface area contributed by atoms with Crippen molar-refractivity contribution in [3.8, 4) is 5.69 Å². The van der Waals surface area contributed by atoms with Crippen molar-refractivity contribution in [2.45, 2.75) is 25.7 Å². The molecule has 162 valence electrons. The number of carbonyl (C=O) groups is 1. The van der Waals surface area contributed by atoms with Gasteiger partial charge in [-0.05, 0) is 44.0 Å². The maximum Gasteiger partial charge on any atom is 0.272 e. The number of sulfonamides is 1. The van der Waals surface area contributed by atoms with Crippen LogP contribution in [0, 0.1) is 20.8 Å². The molecule has 1 fully saturated rings. The molecule has 0 atom stereocenters. The average molecular weight is 439 g/mol. The fourth-order valence-corrected chi connectivity index (χ4v) is 6.08. The summed E-state index contributed by atoms with van der Waals surface area (Å²) in [5.74, 6) is -0.152. The van der Waals surface area contributed by atoms with E-state index in [1.165, 1.54) is 4.31 Å². The van der Waals surface area contributed by atoms with E-state index in [2.05, 4.69) is 4.98 Å². The van der Waals surface area contributed by atoms with Crippen LogP contribution >= 0.6 is 0 Å². The van der Waals surface area contributed by atoms with Crippen LogP contribution in [0.1, 0.15) is 27.2 Å². The van der Waals surface area contributed by atoms with Gasteiger partial charge in [-0.1, -0.05) is 35.9 Å². The zero-order valence-electron chi connectivity index (χ0n) is 17.9. The smallest absolute Gasteiger partial charge is 0.272 e. The van der Waals surface area contributed by atoms with E-state index in [-0.39, 0.29) is 19.0 Å². The third-order valence-electron chi connectivity index (χ3n) is 5.62. The van der Waals surface area contributed by atoms with Crippen molar-refractivity contribution < 1.29 is 13.2 Å². The summed E-state index contributed by atoms with van der Waals surface area (Å²) in [7, 11) is -3.62. The summed E-state index contributed by atoms with van der Waals surface area (Å²) in [5.41, 5.74) is 3.87. The summed E-state index contributed by atoms with van der Waals surface area (Å²) in [6, 6.07) is 13.3. The Morgan fingerprint density at radius 3 is 2.16 bits per heavy atom. The molecule has 0 saturated carbocycles. The van der Waals surface area contributed by atoms with Gasteiger partial charge in [0.2, 0.25) is 10.0 Å². The van der Waals surface area contributed by atoms with Gasteiger partial charge in [0.25, 0.3) is 5.91 Å². The molecule has 1 aromatic heterocycles. The minimum atomic E-state index is -3.62. The number of aryl methyl sites for hydroxylation is 3. The number of hydrogen-bond acceptors (Lipinski definition) is 4. The van der Waals surface area contributed by atoms with Crippen LogP contribution in [0.15, 0.2) is 59.9 Å². The van der Waals surface area contributed by atoms with Crippen LogP contribution < -0.4 is 0 Å². The number of benzene rings is 2. The van der Waals surface area contributed by atoms with Gasteiger partial charge in [-0.15, -0.1) is 0 Å². The van der Waals surface area contributed by atoms with E-state index in [9.17, 15) is 13.2 Å². The lowest BCUT2D eigenvalue weighted by molar-refractivity contribution is 0.0689. The van der Waals surface area contributed by atoms with Crippen molar-refractivity contribution in [2.75, 3.05) is 26.2 Å². The van der Waals surface area contributed by atoms with E-state index in [0.29, 0.717) is 23.7 Å². The maximum atomic E-state index is 13.3. The topological polar surface area (TPSA) is 75.5 Å². The molecule has 31 heavy (non-hydrogen) atoms. The van der Waals surface area contributed by atoms with Gasteiger partial charge in [0.15, 0.2) is 0 Å². The van der Waals surface area contributed by atoms with Crippen LogP contribution in [-0.2, 0) is 10.0 Å². The van der Waals surface area contributed by atoms with E-state index in [0.717, 1.165) is 22.4 Å². The zero-order valence-corrected chi connectivity index (χ0v) is 18.8. The first-order chi connectivity index (χ1) is 14.8. The summed E-state index contributed by atoms with van der Waals surface area (Å²) in [6.45, 7) is 6.82. The van der Waals surface area contributed by atoms with Gasteiger partial charge < -0.3 is 4.90 Å². The van der Waals surface area contributed by atoms with Gasteiger partial charge in [-0.2, -0.15) is 4.31 Å². The van der Waals surface area contributed by atoms with Gasteiger partial charge >= 0.3 is 0 Å². The minimum Gasteiger partial charge on any atom is -0.335 e. The number of piperazine rings is 1. The fourth-order valence-electron chi connectivity index (χ4n) is 4.24. The van der Waals surface area contributed by atoms with E-state index in [1.54, 1.807) is 22.0 Å². The second-order valence-corrected chi connectivity index (χ2v) is 9.78. The zero-order chi connectivity index (χ0) is 22.2. The summed E-state index contributed by atoms with van der Waals surface area (Å²) >= 11 is 0. The second-order valence-electron chi connectivity index (χ2n) is 7.91. The monoisotopic (exact) mass is 438 g/mol. The first-order valence-electron chi connectivity index (χ1n) is 10.2. The molecule has 3 aromatic rings. The highest BCUT2D eigenvalue weighted by molar-refractivity contribution is 7.89. The summed E-state index contributed by atoms with van der Waals surface area (Å²) in [6.07, 6.45) is 3.17. The molecule has 2 aromatic carbocycles. The van der Waals surface area contributed by atoms with Crippen molar-refractivity contribution in [2.24, 2.45) is 0 Å². The van der Waals surface area contributed by atoms with Gasteiger partial charge in [0.1, 0.15) is 5.69 Å². The Balaban J connectivity index is 1.51. The number of nitrogens with zero attached hydrogens (tertiary/aromatic N) is 4. The molecule has 1 aliphatic rings. The van der Waals surface area contributed by atoms with Gasteiger partial charge in [-0.3, -0.25) is 9.36 Å². The molecule has 1 amide bonds. The number of hydrogen-bond donors (Lipinski definition) is 0. The van der Waals surface area contributed by atoms with E-state index in [4.69, 9.17) is 0 Å². The molecule has 7 nitrogen and oxygen atoms in total. The summed E-state index contributed by atoms with van der Waals surface area (Å²) < 4.78 is 29.8. The summed E-state index contributed by atoms with van der Waals surface area (Å²) in [4.78, 5) is 19.3. The molecule has 4 rings (SSSR count). The molecule has 1 aliphatic heterocycles. The first-order valence-corrected chi connectivity index (χ1v) is 11.7. The van der Waals surface area contributed by atoms with Crippen LogP contribution in [0.4, 0.5) is 0 Å². The third kappa shape index (κ3) is 4.00. The fraction of sp³-hybridized carbons (Fsp3) is 0.304. The van der Waals surface area contributed by atoms with Crippen LogP contribution in [0.2, 0.25) is 0 Å². The Kier molecular flexibility index (Phi) is 5.68. The number of imidazole rings is 1. The number of carbonyl (C=O) groups excluding carboxylic acids is 1. The van der Waals surface area contributed by atoms with E-state index in [1.807, 2.05) is 63.2 Å². The molecule has 0 unspecified atom stereocenters. The minimum absolute atomic E-state index is 0.152. The van der Waals surface area contributed by atoms with Crippen molar-refractivity contribution in [1.29, 1.82) is 0 Å². The highest BCUT2D eigenvalue weighted by Crippen LogP contribution is 2.26. The molecule has 0 spiro atoms. The third-order valence-corrected chi connectivity index (χ3v) is 7.83. The SMILES string of the molecule is Cc1cc(C)c(S(=O)(=O)N2CCN(C(=O)c3cncn3-c3ccccc3)CC2)c(C)c1. The normalized spacial score (nSPS) is 15.3. The number of amides is 1. The molecule has 0 N–H and O–H groups in total. The van der Waals surface area contributed by atoms with Crippen LogP contribution in [-0.4, -0.2) is 59.3 Å². The lowest BCUT2D eigenvalue weighted by atomic mass is 10.1. The molecular formula is C23H26N4O3S. The van der Waals surface area contributed by atoms with E-state index < -0.39 is 10.0 Å². The molecule has 8 heteroatoms. The van der Waals surface area contributed by atoms with Crippen LogP contribution in [0.3, 0.4) is 0 Å². The molecule has 2 heterocycles. The lowest BCUT2D eigenvalue weighted by Crippen LogP contribution is -2.50. The van der Waals surface area contributed by atoms with Crippen molar-refractivity contribution in [1.82, 2.24) is 18.8 Å². The first kappa shape index (κ1) is 21.3. The van der Waals surface area contributed by atoms with E-state index >= 15 is 0 Å². The van der Waals surface area contributed by atoms with Crippen LogP contribution in [0.5, 0.6) is 0 Å². The predicted molar refractivity (Wildman–Crippen MR) is 119 cm³/mol. The Morgan fingerprint density at radius 1 is 0.935 bits per heavy atom. The van der Waals surface area contributed by atoms with Gasteiger partial charge in [0.05, 0.1) is 17.4 Å². The number of para-hydroxylation sites is 1. The average Bonchev–Trinajstić information content (AvgIpc) is 3.23. The van der Waals surface area contributed by atoms with Crippen LogP contribution in [0.25, 0.3) is 5.69 Å². The number of aromatic nitrogens is 2. The maximum absolute atomic E-state index is 13.3. The molecular weight excluding hydrogens is 412 g/mol. The standard InChI is InChI=1S/C23H26N4O3S/c1-17-13-18(2)22(19(3)14-17)31(29,30)26-11-9-25(10-12-26)23(28)21-15-24-16-27(21)20-7-5-4-6-8-20/h4-8,13-16H,9-12H2,1-3H3. The largest absolute Gasteiger partial charge is 0.335 e. The Bertz CT molecular complexity index is 1190. The van der Waals surface area contributed by atoms with Gasteiger partial charge in [0, 0.05) is 31.9 Å². The molecule has 0 bridgehead atoms. The Labute approximate surface area is 183 Å². The second kappa shape index (κ2) is 8.28. The molecule has 1 saturated heterocycles. The van der Waals surface area contributed by atoms with Gasteiger partial charge in [-0.25, -0.2) is 13.4 Å². The van der Waals surface area contributed by atoms with Crippen molar-refractivity contribution >= 4 is 15.9 Å². The lowest BCUT2D eigenvalue weighted by Gasteiger charge is -2.34. The Hall–Kier alpha value is -2.97. The Morgan fingerprint density at radius 2 is 1.55 bits per heavy atom. The highest BCUT2D eigenvalue weighted by atomic mass is 32.2.